The van der Waals surface area contributed by atoms with Crippen molar-refractivity contribution in [3.05, 3.63) is 12.8 Å². The summed E-state index contributed by atoms with van der Waals surface area (Å²) in [6.07, 6.45) is 1.32. The number of hydrogen-bond donors (Lipinski definition) is 1. The summed E-state index contributed by atoms with van der Waals surface area (Å²) in [5.41, 5.74) is 0. The maximum absolute atomic E-state index is 11.1. The molecule has 0 aromatic heterocycles. The van der Waals surface area contributed by atoms with Crippen molar-refractivity contribution in [3.8, 4) is 0 Å². The molecule has 0 rings (SSSR count). The van der Waals surface area contributed by atoms with E-state index in [2.05, 4.69) is 6.58 Å². The molecule has 0 spiro atoms. The smallest absolute Gasteiger partial charge is 0.323 e. The summed E-state index contributed by atoms with van der Waals surface area (Å²) in [6, 6.07) is -0.396. The number of rotatable bonds is 3. The highest BCUT2D eigenvalue weighted by Crippen LogP contribution is 1.92. The van der Waals surface area contributed by atoms with Crippen molar-refractivity contribution < 1.29 is 14.7 Å². The highest BCUT2D eigenvalue weighted by molar-refractivity contribution is 5.80. The summed E-state index contributed by atoms with van der Waals surface area (Å²) in [6.45, 7) is 3.07. The van der Waals surface area contributed by atoms with Crippen molar-refractivity contribution in [2.45, 2.75) is 0 Å². The predicted octanol–water partition coefficient (Wildman–Crippen LogP) is 0.198. The third kappa shape index (κ3) is 3.05. The van der Waals surface area contributed by atoms with Crippen molar-refractivity contribution in [1.82, 2.24) is 9.80 Å². The minimum absolute atomic E-state index is 0.309. The second kappa shape index (κ2) is 4.38. The first kappa shape index (κ1) is 10.5. The van der Waals surface area contributed by atoms with Crippen LogP contribution in [0.25, 0.3) is 0 Å². The van der Waals surface area contributed by atoms with E-state index in [1.165, 1.54) is 25.2 Å². The fourth-order valence-corrected chi connectivity index (χ4v) is 0.618. The first-order chi connectivity index (χ1) is 5.49. The number of carbonyl (C=O) groups is 2. The van der Waals surface area contributed by atoms with Crippen LogP contribution in [0.1, 0.15) is 0 Å². The van der Waals surface area contributed by atoms with E-state index in [1.807, 2.05) is 0 Å². The molecule has 12 heavy (non-hydrogen) atoms. The van der Waals surface area contributed by atoms with Gasteiger partial charge in [-0.2, -0.15) is 0 Å². The number of carboxylic acid groups (broad SMARTS) is 1. The van der Waals surface area contributed by atoms with Crippen LogP contribution in [-0.2, 0) is 4.79 Å². The quantitative estimate of drug-likeness (QED) is 0.661. The summed E-state index contributed by atoms with van der Waals surface area (Å²) in [7, 11) is 2.92. The van der Waals surface area contributed by atoms with Gasteiger partial charge in [0.15, 0.2) is 0 Å². The zero-order valence-electron chi connectivity index (χ0n) is 7.15. The first-order valence-electron chi connectivity index (χ1n) is 3.31. The Morgan fingerprint density at radius 1 is 1.50 bits per heavy atom. The maximum Gasteiger partial charge on any atom is 0.323 e. The van der Waals surface area contributed by atoms with Gasteiger partial charge in [-0.3, -0.25) is 4.79 Å². The van der Waals surface area contributed by atoms with Gasteiger partial charge in [0.05, 0.1) is 0 Å². The molecule has 0 atom stereocenters. The van der Waals surface area contributed by atoms with Crippen molar-refractivity contribution in [2.24, 2.45) is 0 Å². The van der Waals surface area contributed by atoms with E-state index in [0.717, 1.165) is 4.90 Å². The molecule has 0 saturated heterocycles. The van der Waals surface area contributed by atoms with Gasteiger partial charge < -0.3 is 14.9 Å². The molecule has 0 radical (unpaired) electrons. The van der Waals surface area contributed by atoms with E-state index >= 15 is 0 Å². The van der Waals surface area contributed by atoms with Gasteiger partial charge in [-0.05, 0) is 0 Å². The minimum atomic E-state index is -1.04. The normalized spacial score (nSPS) is 8.83. The average molecular weight is 172 g/mol. The second-order valence-electron chi connectivity index (χ2n) is 2.33. The Labute approximate surface area is 70.9 Å². The van der Waals surface area contributed by atoms with Gasteiger partial charge in [-0.15, -0.1) is 0 Å². The maximum atomic E-state index is 11.1. The van der Waals surface area contributed by atoms with Crippen LogP contribution in [0.3, 0.4) is 0 Å². The second-order valence-corrected chi connectivity index (χ2v) is 2.33. The van der Waals surface area contributed by atoms with Gasteiger partial charge in [-0.25, -0.2) is 4.79 Å². The topological polar surface area (TPSA) is 60.9 Å². The van der Waals surface area contributed by atoms with E-state index in [1.54, 1.807) is 0 Å². The summed E-state index contributed by atoms with van der Waals surface area (Å²) in [5.74, 6) is -1.04. The van der Waals surface area contributed by atoms with Crippen LogP contribution in [0.2, 0.25) is 0 Å². The fraction of sp³-hybridized carbons (Fsp3) is 0.429. The summed E-state index contributed by atoms with van der Waals surface area (Å²) in [4.78, 5) is 23.6. The van der Waals surface area contributed by atoms with Crippen LogP contribution in [0, 0.1) is 0 Å². The molecule has 5 nitrogen and oxygen atoms in total. The Morgan fingerprint density at radius 2 is 2.00 bits per heavy atom. The monoisotopic (exact) mass is 172 g/mol. The lowest BCUT2D eigenvalue weighted by Gasteiger charge is -2.19. The summed E-state index contributed by atoms with van der Waals surface area (Å²) in [5, 5.41) is 8.35. The molecule has 0 aromatic carbocycles. The summed E-state index contributed by atoms with van der Waals surface area (Å²) < 4.78 is 0. The molecule has 0 saturated carbocycles. The Morgan fingerprint density at radius 3 is 2.33 bits per heavy atom. The van der Waals surface area contributed by atoms with Gasteiger partial charge in [-0.1, -0.05) is 6.58 Å². The van der Waals surface area contributed by atoms with E-state index in [-0.39, 0.29) is 6.54 Å². The number of hydrogen-bond acceptors (Lipinski definition) is 2. The SMILES string of the molecule is C=CN(C)C(=O)N(C)CC(=O)O. The van der Waals surface area contributed by atoms with Crippen LogP contribution in [0.5, 0.6) is 0 Å². The van der Waals surface area contributed by atoms with Crippen LogP contribution < -0.4 is 0 Å². The van der Waals surface area contributed by atoms with Crippen LogP contribution in [0.15, 0.2) is 12.8 Å². The van der Waals surface area contributed by atoms with Gasteiger partial charge in [0.2, 0.25) is 0 Å². The van der Waals surface area contributed by atoms with Crippen LogP contribution >= 0.6 is 0 Å². The summed E-state index contributed by atoms with van der Waals surface area (Å²) >= 11 is 0. The number of urea groups is 1. The first-order valence-corrected chi connectivity index (χ1v) is 3.31. The largest absolute Gasteiger partial charge is 0.480 e. The van der Waals surface area contributed by atoms with Crippen LogP contribution in [0.4, 0.5) is 4.79 Å². The Kier molecular flexibility index (Phi) is 3.82. The number of likely N-dealkylation sites (N-methyl/N-ethyl adjacent to an activating group) is 1. The molecular formula is C7H12N2O3. The Bertz CT molecular complexity index is 203. The molecule has 0 bridgehead atoms. The lowest BCUT2D eigenvalue weighted by Crippen LogP contribution is -2.38. The number of carbonyl (C=O) groups excluding carboxylic acids is 1. The molecule has 0 aromatic rings. The number of aliphatic carboxylic acids is 1. The Balaban J connectivity index is 4.09. The molecule has 2 amide bonds. The molecule has 0 unspecified atom stereocenters. The average Bonchev–Trinajstić information content (AvgIpc) is 2.00. The lowest BCUT2D eigenvalue weighted by molar-refractivity contribution is -0.137. The van der Waals surface area contributed by atoms with Gasteiger partial charge in [0, 0.05) is 20.3 Å². The van der Waals surface area contributed by atoms with Crippen molar-refractivity contribution in [3.63, 3.8) is 0 Å². The Hall–Kier alpha value is -1.52. The lowest BCUT2D eigenvalue weighted by atomic mass is 10.5. The van der Waals surface area contributed by atoms with Gasteiger partial charge in [0.1, 0.15) is 6.54 Å². The molecule has 0 heterocycles. The van der Waals surface area contributed by atoms with E-state index in [0.29, 0.717) is 0 Å². The zero-order valence-corrected chi connectivity index (χ0v) is 7.15. The van der Waals surface area contributed by atoms with Gasteiger partial charge >= 0.3 is 12.0 Å². The predicted molar refractivity (Wildman–Crippen MR) is 43.6 cm³/mol. The van der Waals surface area contributed by atoms with E-state index in [4.69, 9.17) is 5.11 Å². The molecule has 0 aliphatic carbocycles. The number of amides is 2. The minimum Gasteiger partial charge on any atom is -0.480 e. The van der Waals surface area contributed by atoms with E-state index in [9.17, 15) is 9.59 Å². The molecule has 68 valence electrons. The van der Waals surface area contributed by atoms with Gasteiger partial charge in [0.25, 0.3) is 0 Å². The highest BCUT2D eigenvalue weighted by Gasteiger charge is 2.13. The zero-order chi connectivity index (χ0) is 9.72. The molecule has 0 fully saturated rings. The van der Waals surface area contributed by atoms with Crippen molar-refractivity contribution in [2.75, 3.05) is 20.6 Å². The van der Waals surface area contributed by atoms with Crippen LogP contribution in [-0.4, -0.2) is 47.5 Å². The van der Waals surface area contributed by atoms with Crippen molar-refractivity contribution in [1.29, 1.82) is 0 Å². The standard InChI is InChI=1S/C7H12N2O3/c1-4-8(2)7(12)9(3)5-6(10)11/h4H,1,5H2,2-3H3,(H,10,11). The molecule has 5 heteroatoms. The highest BCUT2D eigenvalue weighted by atomic mass is 16.4. The third-order valence-electron chi connectivity index (χ3n) is 1.27. The fourth-order valence-electron chi connectivity index (χ4n) is 0.618. The third-order valence-corrected chi connectivity index (χ3v) is 1.27. The number of nitrogens with zero attached hydrogens (tertiary/aromatic N) is 2. The van der Waals surface area contributed by atoms with E-state index < -0.39 is 12.0 Å². The molecule has 1 N–H and O–H groups in total. The molecule has 0 aliphatic heterocycles. The number of carboxylic acids is 1. The molecule has 0 aliphatic rings. The van der Waals surface area contributed by atoms with Crippen molar-refractivity contribution >= 4 is 12.0 Å². The molecular weight excluding hydrogens is 160 g/mol.